The van der Waals surface area contributed by atoms with Gasteiger partial charge in [0.1, 0.15) is 5.52 Å². The molecule has 3 nitrogen and oxygen atoms in total. The first kappa shape index (κ1) is 8.85. The van der Waals surface area contributed by atoms with Crippen LogP contribution in [0.15, 0.2) is 22.6 Å². The summed E-state index contributed by atoms with van der Waals surface area (Å²) >= 11 is 0. The maximum Gasteiger partial charge on any atom is 0.212 e. The van der Waals surface area contributed by atoms with Crippen LogP contribution in [-0.2, 0) is 0 Å². The standard InChI is InChI=1S/C11H11FN2O/c12-7-3-1-4-8-10(7)15-11(14-8)9-5-2-6-13-9/h1,3-4,9,13H,2,5-6H2. The molecule has 2 aromatic rings. The largest absolute Gasteiger partial charge is 0.436 e. The Morgan fingerprint density at radius 3 is 3.13 bits per heavy atom. The number of fused-ring (bicyclic) bond motifs is 1. The zero-order chi connectivity index (χ0) is 10.3. The van der Waals surface area contributed by atoms with Crippen LogP contribution in [0.1, 0.15) is 24.8 Å². The van der Waals surface area contributed by atoms with E-state index in [2.05, 4.69) is 10.3 Å². The lowest BCUT2D eigenvalue weighted by atomic mass is 10.2. The molecule has 1 unspecified atom stereocenters. The second-order valence-electron chi connectivity index (χ2n) is 3.79. The second-order valence-corrected chi connectivity index (χ2v) is 3.79. The van der Waals surface area contributed by atoms with Gasteiger partial charge in [-0.15, -0.1) is 0 Å². The van der Waals surface area contributed by atoms with Gasteiger partial charge < -0.3 is 9.73 Å². The van der Waals surface area contributed by atoms with Crippen molar-refractivity contribution in [2.24, 2.45) is 0 Å². The topological polar surface area (TPSA) is 38.1 Å². The number of oxazole rings is 1. The highest BCUT2D eigenvalue weighted by molar-refractivity contribution is 5.73. The third-order valence-electron chi connectivity index (χ3n) is 2.74. The molecule has 1 fully saturated rings. The van der Waals surface area contributed by atoms with Crippen molar-refractivity contribution < 1.29 is 8.81 Å². The molecule has 1 aromatic heterocycles. The van der Waals surface area contributed by atoms with Crippen LogP contribution in [0, 0.1) is 5.82 Å². The zero-order valence-electron chi connectivity index (χ0n) is 8.16. The number of halogens is 1. The number of rotatable bonds is 1. The normalized spacial score (nSPS) is 21.3. The Morgan fingerprint density at radius 2 is 2.40 bits per heavy atom. The van der Waals surface area contributed by atoms with Gasteiger partial charge >= 0.3 is 0 Å². The van der Waals surface area contributed by atoms with Crippen molar-refractivity contribution >= 4 is 11.1 Å². The predicted octanol–water partition coefficient (Wildman–Crippen LogP) is 2.39. The molecule has 1 saturated heterocycles. The first-order valence-electron chi connectivity index (χ1n) is 5.13. The molecule has 1 aliphatic rings. The quantitative estimate of drug-likeness (QED) is 0.778. The molecule has 3 rings (SSSR count). The molecule has 0 spiro atoms. The number of aromatic nitrogens is 1. The van der Waals surface area contributed by atoms with Crippen molar-refractivity contribution in [1.29, 1.82) is 0 Å². The van der Waals surface area contributed by atoms with Gasteiger partial charge in [-0.25, -0.2) is 9.37 Å². The van der Waals surface area contributed by atoms with E-state index in [1.807, 2.05) is 0 Å². The molecule has 0 radical (unpaired) electrons. The number of nitrogens with zero attached hydrogens (tertiary/aromatic N) is 1. The van der Waals surface area contributed by atoms with Gasteiger partial charge in [-0.1, -0.05) is 6.07 Å². The van der Waals surface area contributed by atoms with Crippen LogP contribution in [0.3, 0.4) is 0 Å². The van der Waals surface area contributed by atoms with Crippen LogP contribution in [0.2, 0.25) is 0 Å². The summed E-state index contributed by atoms with van der Waals surface area (Å²) in [5.41, 5.74) is 0.861. The van der Waals surface area contributed by atoms with E-state index in [1.165, 1.54) is 6.07 Å². The summed E-state index contributed by atoms with van der Waals surface area (Å²) in [5, 5.41) is 3.27. The fourth-order valence-corrected chi connectivity index (χ4v) is 1.98. The van der Waals surface area contributed by atoms with Crippen molar-refractivity contribution in [2.75, 3.05) is 6.54 Å². The van der Waals surface area contributed by atoms with E-state index < -0.39 is 0 Å². The molecule has 0 aliphatic carbocycles. The van der Waals surface area contributed by atoms with Crippen molar-refractivity contribution in [1.82, 2.24) is 10.3 Å². The highest BCUT2D eigenvalue weighted by Crippen LogP contribution is 2.26. The number of benzene rings is 1. The molecule has 1 aromatic carbocycles. The van der Waals surface area contributed by atoms with Crippen LogP contribution < -0.4 is 5.32 Å². The summed E-state index contributed by atoms with van der Waals surface area (Å²) in [6, 6.07) is 4.95. The van der Waals surface area contributed by atoms with E-state index in [9.17, 15) is 4.39 Å². The molecule has 1 aliphatic heterocycles. The molecule has 0 bridgehead atoms. The summed E-state index contributed by atoms with van der Waals surface area (Å²) in [6.45, 7) is 0.978. The van der Waals surface area contributed by atoms with Crippen molar-refractivity contribution in [3.05, 3.63) is 29.9 Å². The lowest BCUT2D eigenvalue weighted by Gasteiger charge is -2.02. The summed E-state index contributed by atoms with van der Waals surface area (Å²) in [5.74, 6) is 0.261. The van der Waals surface area contributed by atoms with E-state index in [1.54, 1.807) is 12.1 Å². The van der Waals surface area contributed by atoms with Crippen molar-refractivity contribution in [3.8, 4) is 0 Å². The maximum atomic E-state index is 13.3. The Morgan fingerprint density at radius 1 is 1.47 bits per heavy atom. The monoisotopic (exact) mass is 206 g/mol. The summed E-state index contributed by atoms with van der Waals surface area (Å²) < 4.78 is 18.8. The van der Waals surface area contributed by atoms with Crippen LogP contribution in [0.5, 0.6) is 0 Å². The molecular weight excluding hydrogens is 195 g/mol. The molecule has 4 heteroatoms. The Bertz CT molecular complexity index is 488. The minimum atomic E-state index is -0.343. The highest BCUT2D eigenvalue weighted by atomic mass is 19.1. The Labute approximate surface area is 86.3 Å². The fourth-order valence-electron chi connectivity index (χ4n) is 1.98. The third-order valence-corrected chi connectivity index (χ3v) is 2.74. The number of hydrogen-bond donors (Lipinski definition) is 1. The average Bonchev–Trinajstić information content (AvgIpc) is 2.86. The lowest BCUT2D eigenvalue weighted by Crippen LogP contribution is -2.12. The van der Waals surface area contributed by atoms with Crippen LogP contribution in [0.4, 0.5) is 4.39 Å². The maximum absolute atomic E-state index is 13.3. The molecule has 1 N–H and O–H groups in total. The second kappa shape index (κ2) is 3.31. The van der Waals surface area contributed by atoms with Gasteiger partial charge in [0.05, 0.1) is 6.04 Å². The number of nitrogens with one attached hydrogen (secondary N) is 1. The number of para-hydroxylation sites is 1. The molecule has 0 amide bonds. The van der Waals surface area contributed by atoms with Gasteiger partial charge in [0.15, 0.2) is 11.4 Å². The predicted molar refractivity (Wildman–Crippen MR) is 53.9 cm³/mol. The summed E-state index contributed by atoms with van der Waals surface area (Å²) in [4.78, 5) is 4.29. The van der Waals surface area contributed by atoms with E-state index in [0.717, 1.165) is 19.4 Å². The van der Waals surface area contributed by atoms with Crippen molar-refractivity contribution in [3.63, 3.8) is 0 Å². The molecule has 78 valence electrons. The van der Waals surface area contributed by atoms with Gasteiger partial charge in [-0.3, -0.25) is 0 Å². The SMILES string of the molecule is Fc1cccc2nc(C3CCCN3)oc12. The van der Waals surface area contributed by atoms with Crippen LogP contribution in [0.25, 0.3) is 11.1 Å². The number of hydrogen-bond acceptors (Lipinski definition) is 3. The van der Waals surface area contributed by atoms with E-state index >= 15 is 0 Å². The Kier molecular flexibility index (Phi) is 1.95. The summed E-state index contributed by atoms with van der Waals surface area (Å²) in [7, 11) is 0. The van der Waals surface area contributed by atoms with E-state index in [0.29, 0.717) is 11.4 Å². The van der Waals surface area contributed by atoms with Gasteiger partial charge in [0.25, 0.3) is 0 Å². The lowest BCUT2D eigenvalue weighted by molar-refractivity contribution is 0.442. The minimum absolute atomic E-state index is 0.150. The first-order chi connectivity index (χ1) is 7.34. The summed E-state index contributed by atoms with van der Waals surface area (Å²) in [6.07, 6.45) is 2.13. The van der Waals surface area contributed by atoms with Gasteiger partial charge in [0.2, 0.25) is 5.89 Å². The van der Waals surface area contributed by atoms with Crippen LogP contribution in [-0.4, -0.2) is 11.5 Å². The molecule has 2 heterocycles. The molecule has 0 saturated carbocycles. The molecule has 15 heavy (non-hydrogen) atoms. The van der Waals surface area contributed by atoms with Crippen LogP contribution >= 0.6 is 0 Å². The minimum Gasteiger partial charge on any atom is -0.436 e. The molecular formula is C11H11FN2O. The highest BCUT2D eigenvalue weighted by Gasteiger charge is 2.22. The first-order valence-corrected chi connectivity index (χ1v) is 5.13. The smallest absolute Gasteiger partial charge is 0.212 e. The average molecular weight is 206 g/mol. The van der Waals surface area contributed by atoms with E-state index in [-0.39, 0.29) is 17.4 Å². The third kappa shape index (κ3) is 1.41. The van der Waals surface area contributed by atoms with Gasteiger partial charge in [-0.2, -0.15) is 0 Å². The molecule has 1 atom stereocenters. The van der Waals surface area contributed by atoms with Gasteiger partial charge in [0, 0.05) is 0 Å². The van der Waals surface area contributed by atoms with Crippen molar-refractivity contribution in [2.45, 2.75) is 18.9 Å². The zero-order valence-corrected chi connectivity index (χ0v) is 8.16. The Balaban J connectivity index is 2.09. The Hall–Kier alpha value is -1.42. The fraction of sp³-hybridized carbons (Fsp3) is 0.364. The van der Waals surface area contributed by atoms with E-state index in [4.69, 9.17) is 4.42 Å². The van der Waals surface area contributed by atoms with Gasteiger partial charge in [-0.05, 0) is 31.5 Å².